The number of hydrogen-bond donors (Lipinski definition) is 1. The molecule has 0 aliphatic carbocycles. The second kappa shape index (κ2) is 8.82. The fourth-order valence-corrected chi connectivity index (χ4v) is 3.66. The number of pyridine rings is 1. The Morgan fingerprint density at radius 1 is 1.13 bits per heavy atom. The van der Waals surface area contributed by atoms with Crippen LogP contribution in [0.25, 0.3) is 0 Å². The Kier molecular flexibility index (Phi) is 6.20. The lowest BCUT2D eigenvalue weighted by molar-refractivity contribution is 0.0594. The quantitative estimate of drug-likeness (QED) is 0.572. The number of halogens is 1. The SMILES string of the molecule is COC(=O)c1ccc(NS(=O)(=O)c2ccc(Oc3cccc(Cl)c3C#N)cc2)cn1. The third-order valence-electron chi connectivity index (χ3n) is 3.86. The molecule has 0 aliphatic rings. The second-order valence-corrected chi connectivity index (χ2v) is 7.92. The number of nitrogens with one attached hydrogen (secondary N) is 1. The number of esters is 1. The Balaban J connectivity index is 1.76. The number of rotatable bonds is 6. The lowest BCUT2D eigenvalue weighted by Crippen LogP contribution is -2.13. The number of carbonyl (C=O) groups is 1. The maximum atomic E-state index is 12.6. The molecule has 0 saturated heterocycles. The van der Waals surface area contributed by atoms with Gasteiger partial charge in [-0.2, -0.15) is 5.26 Å². The molecule has 0 spiro atoms. The van der Waals surface area contributed by atoms with E-state index in [1.165, 1.54) is 49.7 Å². The molecule has 1 aromatic heterocycles. The predicted molar refractivity (Wildman–Crippen MR) is 109 cm³/mol. The Bertz CT molecular complexity index is 1220. The predicted octanol–water partition coefficient (Wildman–Crippen LogP) is 3.99. The lowest BCUT2D eigenvalue weighted by Gasteiger charge is -2.10. The van der Waals surface area contributed by atoms with E-state index in [1.54, 1.807) is 18.2 Å². The highest BCUT2D eigenvalue weighted by Crippen LogP contribution is 2.30. The Hall–Kier alpha value is -3.61. The van der Waals surface area contributed by atoms with Crippen LogP contribution in [0.2, 0.25) is 5.02 Å². The highest BCUT2D eigenvalue weighted by atomic mass is 35.5. The van der Waals surface area contributed by atoms with Crippen LogP contribution in [0.3, 0.4) is 0 Å². The first-order valence-corrected chi connectivity index (χ1v) is 10.2. The van der Waals surface area contributed by atoms with Gasteiger partial charge in [0.2, 0.25) is 0 Å². The van der Waals surface area contributed by atoms with Crippen LogP contribution >= 0.6 is 11.6 Å². The van der Waals surface area contributed by atoms with Crippen molar-refractivity contribution in [3.8, 4) is 17.6 Å². The molecule has 0 saturated carbocycles. The molecule has 1 heterocycles. The van der Waals surface area contributed by atoms with E-state index in [0.29, 0.717) is 5.75 Å². The minimum Gasteiger partial charge on any atom is -0.464 e. The zero-order chi connectivity index (χ0) is 21.7. The third kappa shape index (κ3) is 4.68. The molecule has 30 heavy (non-hydrogen) atoms. The first kappa shape index (κ1) is 21.1. The van der Waals surface area contributed by atoms with Gasteiger partial charge in [0.25, 0.3) is 10.0 Å². The van der Waals surface area contributed by atoms with Crippen molar-refractivity contribution in [2.75, 3.05) is 11.8 Å². The summed E-state index contributed by atoms with van der Waals surface area (Å²) in [6, 6.07) is 15.1. The van der Waals surface area contributed by atoms with E-state index in [4.69, 9.17) is 16.3 Å². The minimum absolute atomic E-state index is 0.0153. The summed E-state index contributed by atoms with van der Waals surface area (Å²) in [5.41, 5.74) is 0.417. The van der Waals surface area contributed by atoms with Gasteiger partial charge in [-0.15, -0.1) is 0 Å². The molecule has 0 aliphatic heterocycles. The smallest absolute Gasteiger partial charge is 0.356 e. The van der Waals surface area contributed by atoms with E-state index in [-0.39, 0.29) is 32.6 Å². The van der Waals surface area contributed by atoms with Crippen molar-refractivity contribution >= 4 is 33.3 Å². The van der Waals surface area contributed by atoms with E-state index in [2.05, 4.69) is 14.4 Å². The van der Waals surface area contributed by atoms with Gasteiger partial charge < -0.3 is 9.47 Å². The molecule has 3 aromatic rings. The van der Waals surface area contributed by atoms with Crippen LogP contribution < -0.4 is 9.46 Å². The molecule has 0 radical (unpaired) electrons. The molecular formula is C20H14ClN3O5S. The first-order chi connectivity index (χ1) is 14.3. The summed E-state index contributed by atoms with van der Waals surface area (Å²) in [6.07, 6.45) is 1.21. The Morgan fingerprint density at radius 2 is 1.87 bits per heavy atom. The number of nitrogens with zero attached hydrogens (tertiary/aromatic N) is 2. The van der Waals surface area contributed by atoms with E-state index >= 15 is 0 Å². The molecule has 8 nitrogen and oxygen atoms in total. The molecule has 0 amide bonds. The van der Waals surface area contributed by atoms with Gasteiger partial charge in [0.1, 0.15) is 28.8 Å². The fourth-order valence-electron chi connectivity index (χ4n) is 2.41. The fraction of sp³-hybridized carbons (Fsp3) is 0.0500. The summed E-state index contributed by atoms with van der Waals surface area (Å²) >= 11 is 5.97. The summed E-state index contributed by atoms with van der Waals surface area (Å²) in [5.74, 6) is -0.0356. The molecule has 152 valence electrons. The maximum absolute atomic E-state index is 12.6. The van der Waals surface area contributed by atoms with Crippen LogP contribution in [0.1, 0.15) is 16.1 Å². The number of ether oxygens (including phenoxy) is 2. The van der Waals surface area contributed by atoms with Gasteiger partial charge in [0, 0.05) is 0 Å². The van der Waals surface area contributed by atoms with Crippen LogP contribution in [0, 0.1) is 11.3 Å². The molecule has 3 rings (SSSR count). The number of methoxy groups -OCH3 is 1. The highest BCUT2D eigenvalue weighted by molar-refractivity contribution is 7.92. The lowest BCUT2D eigenvalue weighted by atomic mass is 10.2. The van der Waals surface area contributed by atoms with Crippen LogP contribution in [-0.2, 0) is 14.8 Å². The van der Waals surface area contributed by atoms with Crippen molar-refractivity contribution in [1.82, 2.24) is 4.98 Å². The maximum Gasteiger partial charge on any atom is 0.356 e. The Labute approximate surface area is 177 Å². The van der Waals surface area contributed by atoms with Gasteiger partial charge in [-0.1, -0.05) is 17.7 Å². The van der Waals surface area contributed by atoms with E-state index < -0.39 is 16.0 Å². The number of anilines is 1. The number of sulfonamides is 1. The number of benzene rings is 2. The van der Waals surface area contributed by atoms with Crippen molar-refractivity contribution in [3.05, 3.63) is 77.1 Å². The van der Waals surface area contributed by atoms with Gasteiger partial charge in [-0.05, 0) is 48.5 Å². The molecule has 2 aromatic carbocycles. The van der Waals surface area contributed by atoms with Gasteiger partial charge in [0.05, 0.1) is 28.9 Å². The molecule has 1 N–H and O–H groups in total. The number of hydrogen-bond acceptors (Lipinski definition) is 7. The van der Waals surface area contributed by atoms with Crippen molar-refractivity contribution in [2.24, 2.45) is 0 Å². The van der Waals surface area contributed by atoms with E-state index in [0.717, 1.165) is 0 Å². The molecule has 0 fully saturated rings. The first-order valence-electron chi connectivity index (χ1n) is 8.38. The summed E-state index contributed by atoms with van der Waals surface area (Å²) in [6.45, 7) is 0. The van der Waals surface area contributed by atoms with Gasteiger partial charge >= 0.3 is 5.97 Å². The van der Waals surface area contributed by atoms with Gasteiger partial charge in [-0.3, -0.25) is 4.72 Å². The van der Waals surface area contributed by atoms with Gasteiger partial charge in [0.15, 0.2) is 0 Å². The number of aromatic nitrogens is 1. The minimum atomic E-state index is -3.90. The average Bonchev–Trinajstić information content (AvgIpc) is 2.74. The van der Waals surface area contributed by atoms with Crippen molar-refractivity contribution in [3.63, 3.8) is 0 Å². The topological polar surface area (TPSA) is 118 Å². The summed E-state index contributed by atoms with van der Waals surface area (Å²) < 4.78 is 37.7. The second-order valence-electron chi connectivity index (χ2n) is 5.83. The zero-order valence-electron chi connectivity index (χ0n) is 15.5. The molecule has 10 heteroatoms. The number of nitriles is 1. The molecule has 0 bridgehead atoms. The van der Waals surface area contributed by atoms with Gasteiger partial charge in [-0.25, -0.2) is 18.2 Å². The Morgan fingerprint density at radius 3 is 2.47 bits per heavy atom. The van der Waals surface area contributed by atoms with E-state index in [1.807, 2.05) is 6.07 Å². The monoisotopic (exact) mass is 443 g/mol. The van der Waals surface area contributed by atoms with Crippen molar-refractivity contribution in [1.29, 1.82) is 5.26 Å². The van der Waals surface area contributed by atoms with Crippen LogP contribution in [-0.4, -0.2) is 26.5 Å². The summed E-state index contributed by atoms with van der Waals surface area (Å²) in [5, 5.41) is 9.45. The van der Waals surface area contributed by atoms with Crippen LogP contribution in [0.15, 0.2) is 65.7 Å². The molecule has 0 unspecified atom stereocenters. The third-order valence-corrected chi connectivity index (χ3v) is 5.57. The van der Waals surface area contributed by atoms with Crippen molar-refractivity contribution in [2.45, 2.75) is 4.90 Å². The standard InChI is InChI=1S/C20H14ClN3O5S/c1-28-20(25)18-10-5-13(12-23-18)24-30(26,27)15-8-6-14(7-9-15)29-19-4-2-3-17(21)16(19)11-22/h2-10,12,24H,1H3. The average molecular weight is 444 g/mol. The largest absolute Gasteiger partial charge is 0.464 e. The van der Waals surface area contributed by atoms with Crippen LogP contribution in [0.5, 0.6) is 11.5 Å². The molecular weight excluding hydrogens is 430 g/mol. The summed E-state index contributed by atoms with van der Waals surface area (Å²) in [4.78, 5) is 15.2. The number of carbonyl (C=O) groups excluding carboxylic acids is 1. The molecule has 0 atom stereocenters. The normalized spacial score (nSPS) is 10.7. The zero-order valence-corrected chi connectivity index (χ0v) is 17.1. The van der Waals surface area contributed by atoms with Crippen molar-refractivity contribution < 1.29 is 22.7 Å². The highest BCUT2D eigenvalue weighted by Gasteiger charge is 2.16. The summed E-state index contributed by atoms with van der Waals surface area (Å²) in [7, 11) is -2.67. The van der Waals surface area contributed by atoms with E-state index in [9.17, 15) is 18.5 Å². The van der Waals surface area contributed by atoms with Crippen LogP contribution in [0.4, 0.5) is 5.69 Å².